The fourth-order valence-corrected chi connectivity index (χ4v) is 2.69. The Morgan fingerprint density at radius 3 is 2.42 bits per heavy atom. The van der Waals surface area contributed by atoms with Crippen LogP contribution in [0.4, 0.5) is 0 Å². The third-order valence-corrected chi connectivity index (χ3v) is 4.09. The minimum atomic E-state index is -1.03. The molecule has 1 atom stereocenters. The van der Waals surface area contributed by atoms with Gasteiger partial charge in [-0.05, 0) is 31.5 Å². The Bertz CT molecular complexity index is 928. The highest BCUT2D eigenvalue weighted by atomic mass is 16.7. The van der Waals surface area contributed by atoms with Crippen molar-refractivity contribution in [2.24, 2.45) is 0 Å². The fraction of sp³-hybridized carbons (Fsp3) is 0.211. The topological polar surface area (TPSA) is 86.5 Å². The van der Waals surface area contributed by atoms with E-state index < -0.39 is 18.2 Å². The molecule has 4 rings (SSSR count). The van der Waals surface area contributed by atoms with Gasteiger partial charge in [-0.25, -0.2) is 0 Å². The van der Waals surface area contributed by atoms with Crippen LogP contribution in [0.5, 0.6) is 11.5 Å². The summed E-state index contributed by atoms with van der Waals surface area (Å²) in [4.78, 5) is 16.8. The molecule has 2 heterocycles. The van der Waals surface area contributed by atoms with Gasteiger partial charge in [0.15, 0.2) is 11.5 Å². The number of nitrogens with zero attached hydrogens (tertiary/aromatic N) is 2. The van der Waals surface area contributed by atoms with E-state index in [9.17, 15) is 4.79 Å². The monoisotopic (exact) mass is 351 g/mol. The molecule has 26 heavy (non-hydrogen) atoms. The Morgan fingerprint density at radius 1 is 1.08 bits per heavy atom. The smallest absolute Gasteiger partial charge is 0.321 e. The number of carbonyl (C=O) groups excluding carboxylic acids is 1. The van der Waals surface area contributed by atoms with Crippen molar-refractivity contribution in [2.45, 2.75) is 26.2 Å². The van der Waals surface area contributed by atoms with Crippen molar-refractivity contribution in [3.8, 4) is 22.9 Å². The number of rotatable bonds is 4. The summed E-state index contributed by atoms with van der Waals surface area (Å²) < 4.78 is 16.3. The highest BCUT2D eigenvalue weighted by Crippen LogP contribution is 2.34. The number of aromatic nitrogens is 2. The Balaban J connectivity index is 1.44. The first-order valence-corrected chi connectivity index (χ1v) is 8.24. The van der Waals surface area contributed by atoms with Crippen LogP contribution >= 0.6 is 0 Å². The van der Waals surface area contributed by atoms with Crippen molar-refractivity contribution >= 4 is 5.91 Å². The second-order valence-electron chi connectivity index (χ2n) is 6.02. The number of hydrogen-bond donors (Lipinski definition) is 1. The zero-order valence-corrected chi connectivity index (χ0v) is 14.3. The van der Waals surface area contributed by atoms with E-state index in [1.807, 2.05) is 43.3 Å². The van der Waals surface area contributed by atoms with Gasteiger partial charge >= 0.3 is 12.2 Å². The van der Waals surface area contributed by atoms with Crippen LogP contribution in [0.25, 0.3) is 11.4 Å². The minimum absolute atomic E-state index is 0.312. The standard InChI is InChI=1S/C19H17N3O4/c1-11-7-3-4-8-13(11)16-21-18(26-22-16)12(2)20-17(23)19-24-14-9-5-6-10-15(14)25-19/h3-10,12,19H,1-2H3,(H,20,23). The van der Waals surface area contributed by atoms with Gasteiger partial charge in [-0.3, -0.25) is 4.79 Å². The molecule has 1 unspecified atom stereocenters. The van der Waals surface area contributed by atoms with Gasteiger partial charge in [0.2, 0.25) is 11.7 Å². The molecule has 1 aromatic heterocycles. The summed E-state index contributed by atoms with van der Waals surface area (Å²) in [5.74, 6) is 1.47. The number of para-hydroxylation sites is 2. The Morgan fingerprint density at radius 2 is 1.73 bits per heavy atom. The highest BCUT2D eigenvalue weighted by Gasteiger charge is 2.32. The van der Waals surface area contributed by atoms with Crippen LogP contribution in [0.15, 0.2) is 53.1 Å². The first-order chi connectivity index (χ1) is 12.6. The van der Waals surface area contributed by atoms with E-state index >= 15 is 0 Å². The van der Waals surface area contributed by atoms with Gasteiger partial charge in [-0.15, -0.1) is 0 Å². The predicted octanol–water partition coefficient (Wildman–Crippen LogP) is 3.02. The number of aryl methyl sites for hydroxylation is 1. The van der Waals surface area contributed by atoms with Crippen molar-refractivity contribution < 1.29 is 18.8 Å². The summed E-state index contributed by atoms with van der Waals surface area (Å²) >= 11 is 0. The molecule has 2 aromatic carbocycles. The van der Waals surface area contributed by atoms with Gasteiger partial charge < -0.3 is 19.3 Å². The molecule has 3 aromatic rings. The van der Waals surface area contributed by atoms with E-state index in [1.165, 1.54) is 0 Å². The van der Waals surface area contributed by atoms with Crippen molar-refractivity contribution in [1.29, 1.82) is 0 Å². The van der Waals surface area contributed by atoms with Crippen LogP contribution in [0.3, 0.4) is 0 Å². The van der Waals surface area contributed by atoms with Crippen molar-refractivity contribution in [1.82, 2.24) is 15.5 Å². The van der Waals surface area contributed by atoms with Gasteiger partial charge in [0.25, 0.3) is 0 Å². The molecule has 7 heteroatoms. The van der Waals surface area contributed by atoms with Crippen LogP contribution in [0, 0.1) is 6.92 Å². The zero-order chi connectivity index (χ0) is 18.1. The quantitative estimate of drug-likeness (QED) is 0.777. The second-order valence-corrected chi connectivity index (χ2v) is 6.02. The van der Waals surface area contributed by atoms with E-state index in [1.54, 1.807) is 19.1 Å². The van der Waals surface area contributed by atoms with E-state index in [0.29, 0.717) is 23.2 Å². The van der Waals surface area contributed by atoms with Gasteiger partial charge in [-0.2, -0.15) is 4.98 Å². The molecule has 1 aliphatic rings. The molecule has 1 amide bonds. The lowest BCUT2D eigenvalue weighted by Crippen LogP contribution is -2.41. The number of carbonyl (C=O) groups is 1. The second kappa shape index (κ2) is 6.51. The third-order valence-electron chi connectivity index (χ3n) is 4.09. The number of benzene rings is 2. The van der Waals surface area contributed by atoms with Gasteiger partial charge in [0.05, 0.1) is 0 Å². The summed E-state index contributed by atoms with van der Waals surface area (Å²) in [5.41, 5.74) is 1.93. The summed E-state index contributed by atoms with van der Waals surface area (Å²) in [6.45, 7) is 3.73. The molecule has 0 aliphatic carbocycles. The third kappa shape index (κ3) is 2.99. The molecule has 0 spiro atoms. The number of ether oxygens (including phenoxy) is 2. The first-order valence-electron chi connectivity index (χ1n) is 8.24. The minimum Gasteiger partial charge on any atom is -0.442 e. The Labute approximate surface area is 149 Å². The molecule has 7 nitrogen and oxygen atoms in total. The summed E-state index contributed by atoms with van der Waals surface area (Å²) in [5, 5.41) is 6.77. The van der Waals surface area contributed by atoms with Crippen molar-refractivity contribution in [3.63, 3.8) is 0 Å². The van der Waals surface area contributed by atoms with Crippen LogP contribution in [-0.4, -0.2) is 22.3 Å². The molecule has 132 valence electrons. The lowest BCUT2D eigenvalue weighted by atomic mass is 10.1. The van der Waals surface area contributed by atoms with Gasteiger partial charge in [0, 0.05) is 5.56 Å². The lowest BCUT2D eigenvalue weighted by molar-refractivity contribution is -0.137. The zero-order valence-electron chi connectivity index (χ0n) is 14.3. The average molecular weight is 351 g/mol. The van der Waals surface area contributed by atoms with Crippen LogP contribution in [0.2, 0.25) is 0 Å². The number of amides is 1. The summed E-state index contributed by atoms with van der Waals surface area (Å²) in [7, 11) is 0. The van der Waals surface area contributed by atoms with Crippen molar-refractivity contribution in [3.05, 3.63) is 60.0 Å². The maximum atomic E-state index is 12.4. The van der Waals surface area contributed by atoms with Gasteiger partial charge in [-0.1, -0.05) is 41.6 Å². The number of fused-ring (bicyclic) bond motifs is 1. The van der Waals surface area contributed by atoms with E-state index in [0.717, 1.165) is 11.1 Å². The molecule has 1 aliphatic heterocycles. The van der Waals surface area contributed by atoms with Crippen LogP contribution in [0.1, 0.15) is 24.4 Å². The van der Waals surface area contributed by atoms with Crippen LogP contribution in [-0.2, 0) is 4.79 Å². The summed E-state index contributed by atoms with van der Waals surface area (Å²) in [6.07, 6.45) is -1.03. The lowest BCUT2D eigenvalue weighted by Gasteiger charge is -2.13. The van der Waals surface area contributed by atoms with Crippen LogP contribution < -0.4 is 14.8 Å². The molecular weight excluding hydrogens is 334 g/mol. The van der Waals surface area contributed by atoms with Gasteiger partial charge in [0.1, 0.15) is 6.04 Å². The Kier molecular flexibility index (Phi) is 4.04. The predicted molar refractivity (Wildman–Crippen MR) is 92.5 cm³/mol. The fourth-order valence-electron chi connectivity index (χ4n) is 2.69. The number of nitrogens with one attached hydrogen (secondary N) is 1. The Hall–Kier alpha value is -3.35. The first kappa shape index (κ1) is 16.1. The van der Waals surface area contributed by atoms with Crippen molar-refractivity contribution in [2.75, 3.05) is 0 Å². The molecule has 0 radical (unpaired) electrons. The SMILES string of the molecule is Cc1ccccc1-c1noc(C(C)NC(=O)C2Oc3ccccc3O2)n1. The summed E-state index contributed by atoms with van der Waals surface area (Å²) in [6, 6.07) is 14.4. The molecule has 0 fully saturated rings. The van der Waals surface area contributed by atoms with E-state index in [2.05, 4.69) is 15.5 Å². The maximum Gasteiger partial charge on any atom is 0.321 e. The normalized spacial score (nSPS) is 14.2. The maximum absolute atomic E-state index is 12.4. The molecule has 0 saturated heterocycles. The molecule has 0 saturated carbocycles. The average Bonchev–Trinajstić information content (AvgIpc) is 3.29. The molecule has 1 N–H and O–H groups in total. The molecular formula is C19H17N3O4. The molecule has 0 bridgehead atoms. The number of hydrogen-bond acceptors (Lipinski definition) is 6. The van der Waals surface area contributed by atoms with E-state index in [-0.39, 0.29) is 0 Å². The largest absolute Gasteiger partial charge is 0.442 e. The highest BCUT2D eigenvalue weighted by molar-refractivity contribution is 5.81. The van der Waals surface area contributed by atoms with E-state index in [4.69, 9.17) is 14.0 Å².